The molecule has 0 aliphatic rings. The summed E-state index contributed by atoms with van der Waals surface area (Å²) in [6.45, 7) is 4.20. The predicted molar refractivity (Wildman–Crippen MR) is 61.5 cm³/mol. The molecule has 0 aliphatic heterocycles. The van der Waals surface area contributed by atoms with E-state index in [-0.39, 0.29) is 18.3 Å². The maximum atomic E-state index is 13.7. The predicted octanol–water partition coefficient (Wildman–Crippen LogP) is 2.46. The number of urea groups is 1. The summed E-state index contributed by atoms with van der Waals surface area (Å²) in [6.07, 6.45) is 0. The molecule has 2 N–H and O–H groups in total. The third kappa shape index (κ3) is 2.95. The van der Waals surface area contributed by atoms with Gasteiger partial charge in [0.2, 0.25) is 0 Å². The second-order valence-corrected chi connectivity index (χ2v) is 4.20. The lowest BCUT2D eigenvalue weighted by Gasteiger charge is -2.15. The molecular weight excluding hydrogens is 207 g/mol. The minimum absolute atomic E-state index is 0.194. The number of benzene rings is 1. The van der Waals surface area contributed by atoms with Crippen LogP contribution in [0.3, 0.4) is 0 Å². The van der Waals surface area contributed by atoms with Gasteiger partial charge in [0.25, 0.3) is 0 Å². The highest BCUT2D eigenvalue weighted by atomic mass is 19.1. The van der Waals surface area contributed by atoms with Gasteiger partial charge in [-0.3, -0.25) is 0 Å². The van der Waals surface area contributed by atoms with Crippen molar-refractivity contribution in [3.8, 4) is 0 Å². The average Bonchev–Trinajstić information content (AvgIpc) is 2.20. The summed E-state index contributed by atoms with van der Waals surface area (Å²) in [5.41, 5.74) is 6.50. The Labute approximate surface area is 95.0 Å². The molecule has 2 amide bonds. The lowest BCUT2D eigenvalue weighted by atomic mass is 10.0. The van der Waals surface area contributed by atoms with E-state index in [1.54, 1.807) is 6.07 Å². The third-order valence-electron chi connectivity index (χ3n) is 2.53. The molecule has 0 unspecified atom stereocenters. The van der Waals surface area contributed by atoms with Gasteiger partial charge in [-0.05, 0) is 17.5 Å². The first-order chi connectivity index (χ1) is 7.41. The van der Waals surface area contributed by atoms with Crippen LogP contribution in [0.1, 0.15) is 30.9 Å². The first-order valence-electron chi connectivity index (χ1n) is 5.20. The number of amides is 2. The molecule has 4 heteroatoms. The highest BCUT2D eigenvalue weighted by Crippen LogP contribution is 2.18. The summed E-state index contributed by atoms with van der Waals surface area (Å²) in [7, 11) is 1.54. The molecule has 0 saturated carbocycles. The normalized spacial score (nSPS) is 10.6. The van der Waals surface area contributed by atoms with E-state index < -0.39 is 6.03 Å². The van der Waals surface area contributed by atoms with E-state index in [2.05, 4.69) is 0 Å². The molecule has 0 aromatic heterocycles. The fraction of sp³-hybridized carbons (Fsp3) is 0.417. The van der Waals surface area contributed by atoms with Crippen LogP contribution < -0.4 is 5.73 Å². The number of carbonyl (C=O) groups is 1. The Kier molecular flexibility index (Phi) is 3.88. The van der Waals surface area contributed by atoms with Gasteiger partial charge in [0.1, 0.15) is 5.82 Å². The number of nitrogens with zero attached hydrogens (tertiary/aromatic N) is 1. The summed E-state index contributed by atoms with van der Waals surface area (Å²) in [4.78, 5) is 12.1. The lowest BCUT2D eigenvalue weighted by molar-refractivity contribution is 0.216. The summed E-state index contributed by atoms with van der Waals surface area (Å²) in [5.74, 6) is -0.00304. The van der Waals surface area contributed by atoms with E-state index in [0.717, 1.165) is 5.56 Å². The summed E-state index contributed by atoms with van der Waals surface area (Å²) >= 11 is 0. The van der Waals surface area contributed by atoms with Crippen LogP contribution in [0.4, 0.5) is 9.18 Å². The molecule has 0 spiro atoms. The van der Waals surface area contributed by atoms with Gasteiger partial charge in [0.15, 0.2) is 0 Å². The number of primary amides is 1. The van der Waals surface area contributed by atoms with E-state index in [9.17, 15) is 9.18 Å². The number of nitrogens with two attached hydrogens (primary N) is 1. The van der Waals surface area contributed by atoms with E-state index in [1.807, 2.05) is 19.9 Å². The van der Waals surface area contributed by atoms with Crippen LogP contribution >= 0.6 is 0 Å². The van der Waals surface area contributed by atoms with Crippen LogP contribution in [0.2, 0.25) is 0 Å². The van der Waals surface area contributed by atoms with Gasteiger partial charge in [-0.2, -0.15) is 0 Å². The van der Waals surface area contributed by atoms with Crippen molar-refractivity contribution in [1.82, 2.24) is 4.90 Å². The SMILES string of the molecule is CC(C)c1ccc(CN(C)C(N)=O)c(F)c1. The fourth-order valence-corrected chi connectivity index (χ4v) is 1.38. The van der Waals surface area contributed by atoms with Gasteiger partial charge in [-0.15, -0.1) is 0 Å². The summed E-state index contributed by atoms with van der Waals surface area (Å²) in [5, 5.41) is 0. The Morgan fingerprint density at radius 3 is 2.56 bits per heavy atom. The van der Waals surface area contributed by atoms with Gasteiger partial charge < -0.3 is 10.6 Å². The van der Waals surface area contributed by atoms with Gasteiger partial charge in [0.05, 0.1) is 0 Å². The minimum Gasteiger partial charge on any atom is -0.351 e. The highest BCUT2D eigenvalue weighted by molar-refractivity contribution is 5.71. The van der Waals surface area contributed by atoms with Crippen molar-refractivity contribution in [2.45, 2.75) is 26.3 Å². The zero-order valence-electron chi connectivity index (χ0n) is 9.83. The Bertz CT molecular complexity index is 391. The Morgan fingerprint density at radius 2 is 2.12 bits per heavy atom. The summed E-state index contributed by atoms with van der Waals surface area (Å²) in [6, 6.07) is 4.52. The van der Waals surface area contributed by atoms with E-state index in [1.165, 1.54) is 18.0 Å². The van der Waals surface area contributed by atoms with Gasteiger partial charge in [0, 0.05) is 19.2 Å². The van der Waals surface area contributed by atoms with Crippen molar-refractivity contribution in [3.63, 3.8) is 0 Å². The maximum Gasteiger partial charge on any atom is 0.314 e. The van der Waals surface area contributed by atoms with Crippen LogP contribution in [0.15, 0.2) is 18.2 Å². The topological polar surface area (TPSA) is 46.3 Å². The van der Waals surface area contributed by atoms with Crippen molar-refractivity contribution in [3.05, 3.63) is 35.1 Å². The first kappa shape index (κ1) is 12.5. The molecule has 0 aliphatic carbocycles. The Balaban J connectivity index is 2.87. The fourth-order valence-electron chi connectivity index (χ4n) is 1.38. The van der Waals surface area contributed by atoms with E-state index in [4.69, 9.17) is 5.73 Å². The van der Waals surface area contributed by atoms with Gasteiger partial charge >= 0.3 is 6.03 Å². The quantitative estimate of drug-likeness (QED) is 0.842. The Morgan fingerprint density at radius 1 is 1.50 bits per heavy atom. The number of hydrogen-bond acceptors (Lipinski definition) is 1. The number of halogens is 1. The van der Waals surface area contributed by atoms with Crippen LogP contribution in [0.25, 0.3) is 0 Å². The number of rotatable bonds is 3. The molecule has 1 rings (SSSR count). The van der Waals surface area contributed by atoms with Crippen LogP contribution in [0.5, 0.6) is 0 Å². The van der Waals surface area contributed by atoms with Crippen molar-refractivity contribution >= 4 is 6.03 Å². The molecule has 0 radical (unpaired) electrons. The maximum absolute atomic E-state index is 13.7. The van der Waals surface area contributed by atoms with E-state index >= 15 is 0 Å². The molecule has 0 bridgehead atoms. The standard InChI is InChI=1S/C12H17FN2O/c1-8(2)9-4-5-10(11(13)6-9)7-15(3)12(14)16/h4-6,8H,7H2,1-3H3,(H2,14,16). The van der Waals surface area contributed by atoms with Gasteiger partial charge in [-0.25, -0.2) is 9.18 Å². The molecule has 0 fully saturated rings. The number of hydrogen-bond donors (Lipinski definition) is 1. The highest BCUT2D eigenvalue weighted by Gasteiger charge is 2.10. The van der Waals surface area contributed by atoms with Crippen LogP contribution in [0, 0.1) is 5.82 Å². The van der Waals surface area contributed by atoms with E-state index in [0.29, 0.717) is 5.56 Å². The van der Waals surface area contributed by atoms with Crippen molar-refractivity contribution in [2.75, 3.05) is 7.05 Å². The lowest BCUT2D eigenvalue weighted by Crippen LogP contribution is -2.31. The summed E-state index contributed by atoms with van der Waals surface area (Å²) < 4.78 is 13.7. The zero-order valence-corrected chi connectivity index (χ0v) is 9.83. The molecular formula is C12H17FN2O. The molecule has 88 valence electrons. The molecule has 0 saturated heterocycles. The number of carbonyl (C=O) groups excluding carboxylic acids is 1. The largest absolute Gasteiger partial charge is 0.351 e. The third-order valence-corrected chi connectivity index (χ3v) is 2.53. The first-order valence-corrected chi connectivity index (χ1v) is 5.20. The zero-order chi connectivity index (χ0) is 12.3. The molecule has 0 heterocycles. The molecule has 3 nitrogen and oxygen atoms in total. The minimum atomic E-state index is -0.563. The van der Waals surface area contributed by atoms with Crippen molar-refractivity contribution in [2.24, 2.45) is 5.73 Å². The van der Waals surface area contributed by atoms with Crippen LogP contribution in [-0.4, -0.2) is 18.0 Å². The van der Waals surface area contributed by atoms with Crippen molar-refractivity contribution < 1.29 is 9.18 Å². The molecule has 1 aromatic rings. The van der Waals surface area contributed by atoms with Gasteiger partial charge in [-0.1, -0.05) is 26.0 Å². The van der Waals surface area contributed by atoms with Crippen LogP contribution in [-0.2, 0) is 6.54 Å². The molecule has 1 aromatic carbocycles. The average molecular weight is 224 g/mol. The molecule has 16 heavy (non-hydrogen) atoms. The second-order valence-electron chi connectivity index (χ2n) is 4.20. The molecule has 0 atom stereocenters. The smallest absolute Gasteiger partial charge is 0.314 e. The Hall–Kier alpha value is -1.58. The monoisotopic (exact) mass is 224 g/mol. The van der Waals surface area contributed by atoms with Crippen molar-refractivity contribution in [1.29, 1.82) is 0 Å². The second kappa shape index (κ2) is 4.96.